The van der Waals surface area contributed by atoms with E-state index in [1.54, 1.807) is 0 Å². The van der Waals surface area contributed by atoms with E-state index in [0.717, 1.165) is 12.0 Å². The minimum atomic E-state index is 0.0776. The molecular formula is C20H27N3O2. The van der Waals surface area contributed by atoms with Gasteiger partial charge in [0, 0.05) is 25.3 Å². The van der Waals surface area contributed by atoms with Gasteiger partial charge in [-0.3, -0.25) is 4.79 Å². The molecule has 0 saturated heterocycles. The summed E-state index contributed by atoms with van der Waals surface area (Å²) in [5.41, 5.74) is 1.15. The van der Waals surface area contributed by atoms with Gasteiger partial charge in [0.1, 0.15) is 0 Å². The minimum absolute atomic E-state index is 0.0776. The number of carbonyl (C=O) groups is 1. The van der Waals surface area contributed by atoms with Crippen LogP contribution in [0.3, 0.4) is 0 Å². The molecule has 1 N–H and O–H groups in total. The van der Waals surface area contributed by atoms with Crippen LogP contribution in [0.2, 0.25) is 0 Å². The van der Waals surface area contributed by atoms with Crippen molar-refractivity contribution >= 4 is 5.91 Å². The first-order chi connectivity index (χ1) is 12.1. The first-order valence-electron chi connectivity index (χ1n) is 9.26. The first-order valence-corrected chi connectivity index (χ1v) is 9.26. The molecule has 1 aromatic carbocycles. The van der Waals surface area contributed by atoms with Gasteiger partial charge < -0.3 is 9.84 Å². The summed E-state index contributed by atoms with van der Waals surface area (Å²) >= 11 is 0. The molecule has 3 atom stereocenters. The van der Waals surface area contributed by atoms with E-state index in [9.17, 15) is 4.79 Å². The van der Waals surface area contributed by atoms with Crippen LogP contribution in [-0.2, 0) is 17.6 Å². The monoisotopic (exact) mass is 341 g/mol. The number of hydrogen-bond acceptors (Lipinski definition) is 4. The lowest BCUT2D eigenvalue weighted by molar-refractivity contribution is -0.122. The average molecular weight is 341 g/mol. The van der Waals surface area contributed by atoms with Crippen LogP contribution in [-0.4, -0.2) is 22.1 Å². The molecule has 25 heavy (non-hydrogen) atoms. The second-order valence-corrected chi connectivity index (χ2v) is 7.21. The fourth-order valence-corrected chi connectivity index (χ4v) is 3.53. The van der Waals surface area contributed by atoms with Crippen LogP contribution < -0.4 is 5.32 Å². The largest absolute Gasteiger partial charge is 0.353 e. The van der Waals surface area contributed by atoms with Gasteiger partial charge in [-0.25, -0.2) is 0 Å². The lowest BCUT2D eigenvalue weighted by Gasteiger charge is -2.34. The van der Waals surface area contributed by atoms with Crippen LogP contribution in [0.5, 0.6) is 0 Å². The summed E-state index contributed by atoms with van der Waals surface area (Å²) in [6.45, 7) is 4.51. The predicted octanol–water partition coefficient (Wildman–Crippen LogP) is 3.53. The number of aromatic nitrogens is 2. The van der Waals surface area contributed by atoms with Gasteiger partial charge in [-0.05, 0) is 23.8 Å². The van der Waals surface area contributed by atoms with E-state index in [-0.39, 0.29) is 5.91 Å². The fourth-order valence-electron chi connectivity index (χ4n) is 3.53. The normalized spacial score (nSPS) is 23.4. The Morgan fingerprint density at radius 3 is 2.84 bits per heavy atom. The smallest absolute Gasteiger partial charge is 0.227 e. The second-order valence-electron chi connectivity index (χ2n) is 7.21. The molecule has 3 unspecified atom stereocenters. The van der Waals surface area contributed by atoms with Crippen LogP contribution in [0.15, 0.2) is 34.9 Å². The zero-order chi connectivity index (χ0) is 17.6. The fraction of sp³-hybridized carbons (Fsp3) is 0.550. The van der Waals surface area contributed by atoms with E-state index in [0.29, 0.717) is 48.9 Å². The molecule has 0 radical (unpaired) electrons. The van der Waals surface area contributed by atoms with Gasteiger partial charge in [0.25, 0.3) is 0 Å². The van der Waals surface area contributed by atoms with Gasteiger partial charge in [-0.15, -0.1) is 0 Å². The lowest BCUT2D eigenvalue weighted by Crippen LogP contribution is -2.43. The molecule has 1 fully saturated rings. The lowest BCUT2D eigenvalue weighted by atomic mass is 9.78. The highest BCUT2D eigenvalue weighted by Crippen LogP contribution is 2.29. The van der Waals surface area contributed by atoms with Crippen molar-refractivity contribution in [3.05, 3.63) is 47.6 Å². The van der Waals surface area contributed by atoms with E-state index in [1.807, 2.05) is 30.3 Å². The van der Waals surface area contributed by atoms with E-state index in [1.165, 1.54) is 12.8 Å². The zero-order valence-electron chi connectivity index (χ0n) is 15.1. The van der Waals surface area contributed by atoms with E-state index < -0.39 is 0 Å². The summed E-state index contributed by atoms with van der Waals surface area (Å²) in [6, 6.07) is 10.3. The molecule has 1 heterocycles. The average Bonchev–Trinajstić information content (AvgIpc) is 3.05. The van der Waals surface area contributed by atoms with Crippen LogP contribution in [0.4, 0.5) is 0 Å². The predicted molar refractivity (Wildman–Crippen MR) is 96.0 cm³/mol. The molecule has 2 aromatic rings. The standard InChI is InChI=1S/C20H27N3O2/c1-14-7-6-10-17(15(14)2)21-19(24)11-12-20-22-18(23-25-20)13-16-8-4-3-5-9-16/h3-5,8-9,14-15,17H,6-7,10-13H2,1-2H3,(H,21,24). The molecule has 0 aliphatic heterocycles. The summed E-state index contributed by atoms with van der Waals surface area (Å²) in [6.07, 6.45) is 5.07. The van der Waals surface area contributed by atoms with Crippen LogP contribution in [0, 0.1) is 11.8 Å². The second kappa shape index (κ2) is 8.28. The number of carbonyl (C=O) groups excluding carboxylic acids is 1. The van der Waals surface area contributed by atoms with Crippen molar-refractivity contribution in [2.24, 2.45) is 11.8 Å². The number of benzene rings is 1. The number of amides is 1. The van der Waals surface area contributed by atoms with Crippen molar-refractivity contribution < 1.29 is 9.32 Å². The highest BCUT2D eigenvalue weighted by molar-refractivity contribution is 5.76. The third-order valence-electron chi connectivity index (χ3n) is 5.33. The number of hydrogen-bond donors (Lipinski definition) is 1. The Morgan fingerprint density at radius 1 is 1.24 bits per heavy atom. The maximum atomic E-state index is 12.2. The zero-order valence-corrected chi connectivity index (χ0v) is 15.1. The SMILES string of the molecule is CC1CCCC(NC(=O)CCc2nc(Cc3ccccc3)no2)C1C. The Kier molecular flexibility index (Phi) is 5.84. The summed E-state index contributed by atoms with van der Waals surface area (Å²) in [5.74, 6) is 2.49. The van der Waals surface area contributed by atoms with Gasteiger partial charge in [-0.1, -0.05) is 62.2 Å². The molecular weight excluding hydrogens is 314 g/mol. The van der Waals surface area contributed by atoms with Crippen molar-refractivity contribution in [2.75, 3.05) is 0 Å². The van der Waals surface area contributed by atoms with E-state index in [4.69, 9.17) is 4.52 Å². The maximum Gasteiger partial charge on any atom is 0.227 e. The molecule has 1 amide bonds. The van der Waals surface area contributed by atoms with Gasteiger partial charge >= 0.3 is 0 Å². The highest BCUT2D eigenvalue weighted by Gasteiger charge is 2.28. The molecule has 1 saturated carbocycles. The molecule has 134 valence electrons. The summed E-state index contributed by atoms with van der Waals surface area (Å²) < 4.78 is 5.27. The molecule has 5 nitrogen and oxygen atoms in total. The Balaban J connectivity index is 1.46. The van der Waals surface area contributed by atoms with Gasteiger partial charge in [0.05, 0.1) is 0 Å². The van der Waals surface area contributed by atoms with E-state index in [2.05, 4.69) is 29.3 Å². The van der Waals surface area contributed by atoms with Gasteiger partial charge in [-0.2, -0.15) is 4.98 Å². The van der Waals surface area contributed by atoms with Gasteiger partial charge in [0.2, 0.25) is 11.8 Å². The maximum absolute atomic E-state index is 12.2. The summed E-state index contributed by atoms with van der Waals surface area (Å²) in [4.78, 5) is 16.6. The molecule has 0 bridgehead atoms. The number of nitrogens with zero attached hydrogens (tertiary/aromatic N) is 2. The summed E-state index contributed by atoms with van der Waals surface area (Å²) in [7, 11) is 0. The molecule has 3 rings (SSSR count). The third kappa shape index (κ3) is 4.91. The molecule has 0 spiro atoms. The molecule has 1 aliphatic rings. The Bertz CT molecular complexity index is 683. The van der Waals surface area contributed by atoms with Crippen molar-refractivity contribution in [2.45, 2.75) is 58.4 Å². The first kappa shape index (κ1) is 17.6. The Labute approximate surface area is 149 Å². The Morgan fingerprint density at radius 2 is 2.04 bits per heavy atom. The minimum Gasteiger partial charge on any atom is -0.353 e. The van der Waals surface area contributed by atoms with E-state index >= 15 is 0 Å². The Hall–Kier alpha value is -2.17. The summed E-state index contributed by atoms with van der Waals surface area (Å²) in [5, 5.41) is 7.20. The third-order valence-corrected chi connectivity index (χ3v) is 5.33. The topological polar surface area (TPSA) is 68.0 Å². The van der Waals surface area contributed by atoms with Gasteiger partial charge in [0.15, 0.2) is 5.82 Å². The van der Waals surface area contributed by atoms with Crippen molar-refractivity contribution in [1.29, 1.82) is 0 Å². The van der Waals surface area contributed by atoms with Crippen molar-refractivity contribution in [1.82, 2.24) is 15.5 Å². The molecule has 5 heteroatoms. The number of rotatable bonds is 6. The van der Waals surface area contributed by atoms with Crippen LogP contribution in [0.25, 0.3) is 0 Å². The number of aryl methyl sites for hydroxylation is 1. The van der Waals surface area contributed by atoms with Crippen LogP contribution >= 0.6 is 0 Å². The highest BCUT2D eigenvalue weighted by atomic mass is 16.5. The van der Waals surface area contributed by atoms with Crippen molar-refractivity contribution in [3.63, 3.8) is 0 Å². The molecule has 1 aliphatic carbocycles. The number of nitrogens with one attached hydrogen (secondary N) is 1. The van der Waals surface area contributed by atoms with Crippen LogP contribution in [0.1, 0.15) is 56.8 Å². The quantitative estimate of drug-likeness (QED) is 0.873. The molecule has 1 aromatic heterocycles. The van der Waals surface area contributed by atoms with Crippen molar-refractivity contribution in [3.8, 4) is 0 Å².